The summed E-state index contributed by atoms with van der Waals surface area (Å²) in [5.74, 6) is 0.145. The van der Waals surface area contributed by atoms with E-state index in [0.29, 0.717) is 6.42 Å². The maximum atomic E-state index is 11.4. The van der Waals surface area contributed by atoms with E-state index >= 15 is 0 Å². The van der Waals surface area contributed by atoms with Crippen LogP contribution < -0.4 is 5.73 Å². The Bertz CT molecular complexity index is 382. The molecular formula is C11H11NO. The van der Waals surface area contributed by atoms with Crippen molar-refractivity contribution in [3.8, 4) is 0 Å². The number of ketones is 1. The average Bonchev–Trinajstić information content (AvgIpc) is 2.43. The lowest BCUT2D eigenvalue weighted by molar-refractivity contribution is 0.0989. The SMILES string of the molecule is C=Cc1cccc2c1C(N)CC2=O. The van der Waals surface area contributed by atoms with Crippen LogP contribution in [0.3, 0.4) is 0 Å². The minimum atomic E-state index is -0.142. The molecule has 0 heterocycles. The van der Waals surface area contributed by atoms with Crippen LogP contribution in [0.4, 0.5) is 0 Å². The van der Waals surface area contributed by atoms with E-state index in [4.69, 9.17) is 5.73 Å². The number of hydrogen-bond acceptors (Lipinski definition) is 2. The van der Waals surface area contributed by atoms with Gasteiger partial charge in [0, 0.05) is 18.0 Å². The van der Waals surface area contributed by atoms with Gasteiger partial charge in [-0.1, -0.05) is 30.9 Å². The maximum absolute atomic E-state index is 11.4. The summed E-state index contributed by atoms with van der Waals surface area (Å²) in [4.78, 5) is 11.4. The Kier molecular flexibility index (Phi) is 1.78. The van der Waals surface area contributed by atoms with Gasteiger partial charge in [-0.2, -0.15) is 0 Å². The molecule has 0 radical (unpaired) electrons. The molecule has 0 saturated carbocycles. The van der Waals surface area contributed by atoms with Crippen molar-refractivity contribution in [3.05, 3.63) is 41.5 Å². The number of fused-ring (bicyclic) bond motifs is 1. The molecule has 0 fully saturated rings. The maximum Gasteiger partial charge on any atom is 0.165 e. The molecule has 0 spiro atoms. The van der Waals surface area contributed by atoms with Gasteiger partial charge in [0.1, 0.15) is 0 Å². The van der Waals surface area contributed by atoms with Crippen molar-refractivity contribution in [2.75, 3.05) is 0 Å². The van der Waals surface area contributed by atoms with E-state index in [1.807, 2.05) is 18.2 Å². The Morgan fingerprint density at radius 1 is 1.54 bits per heavy atom. The molecule has 2 rings (SSSR count). The second kappa shape index (κ2) is 2.82. The molecule has 0 aromatic heterocycles. The zero-order chi connectivity index (χ0) is 9.42. The molecule has 0 bridgehead atoms. The van der Waals surface area contributed by atoms with Gasteiger partial charge in [0.25, 0.3) is 0 Å². The summed E-state index contributed by atoms with van der Waals surface area (Å²) in [5, 5.41) is 0. The Morgan fingerprint density at radius 2 is 2.31 bits per heavy atom. The van der Waals surface area contributed by atoms with Crippen LogP contribution in [0.15, 0.2) is 24.8 Å². The van der Waals surface area contributed by atoms with Gasteiger partial charge < -0.3 is 5.73 Å². The van der Waals surface area contributed by atoms with Crippen molar-refractivity contribution < 1.29 is 4.79 Å². The highest BCUT2D eigenvalue weighted by molar-refractivity contribution is 6.02. The van der Waals surface area contributed by atoms with Crippen molar-refractivity contribution in [2.45, 2.75) is 12.5 Å². The van der Waals surface area contributed by atoms with Crippen LogP contribution in [-0.4, -0.2) is 5.78 Å². The molecular weight excluding hydrogens is 162 g/mol. The van der Waals surface area contributed by atoms with Crippen molar-refractivity contribution >= 4 is 11.9 Å². The molecule has 2 nitrogen and oxygen atoms in total. The first-order chi connectivity index (χ1) is 6.24. The minimum Gasteiger partial charge on any atom is -0.324 e. The number of benzene rings is 1. The van der Waals surface area contributed by atoms with Crippen LogP contribution in [0.2, 0.25) is 0 Å². The van der Waals surface area contributed by atoms with Crippen molar-refractivity contribution in [1.82, 2.24) is 0 Å². The Balaban J connectivity index is 2.68. The van der Waals surface area contributed by atoms with Gasteiger partial charge in [0.05, 0.1) is 0 Å². The molecule has 1 aliphatic rings. The van der Waals surface area contributed by atoms with Gasteiger partial charge >= 0.3 is 0 Å². The number of rotatable bonds is 1. The normalized spacial score (nSPS) is 20.1. The Hall–Kier alpha value is -1.41. The lowest BCUT2D eigenvalue weighted by atomic mass is 10.0. The summed E-state index contributed by atoms with van der Waals surface area (Å²) >= 11 is 0. The third-order valence-electron chi connectivity index (χ3n) is 2.44. The largest absolute Gasteiger partial charge is 0.324 e. The second-order valence-electron chi connectivity index (χ2n) is 3.25. The van der Waals surface area contributed by atoms with Crippen molar-refractivity contribution in [2.24, 2.45) is 5.73 Å². The number of hydrogen-bond donors (Lipinski definition) is 1. The number of carbonyl (C=O) groups is 1. The number of carbonyl (C=O) groups excluding carboxylic acids is 1. The van der Waals surface area contributed by atoms with E-state index in [1.54, 1.807) is 6.08 Å². The molecule has 0 aliphatic heterocycles. The fraction of sp³-hybridized carbons (Fsp3) is 0.182. The highest BCUT2D eigenvalue weighted by atomic mass is 16.1. The van der Waals surface area contributed by atoms with E-state index in [-0.39, 0.29) is 11.8 Å². The first kappa shape index (κ1) is 8.20. The van der Waals surface area contributed by atoms with Gasteiger partial charge in [-0.25, -0.2) is 0 Å². The van der Waals surface area contributed by atoms with E-state index in [9.17, 15) is 4.79 Å². The monoisotopic (exact) mass is 173 g/mol. The van der Waals surface area contributed by atoms with Crippen LogP contribution in [0.25, 0.3) is 6.08 Å². The predicted molar refractivity (Wildman–Crippen MR) is 52.4 cm³/mol. The predicted octanol–water partition coefficient (Wildman–Crippen LogP) is 1.92. The molecule has 0 saturated heterocycles. The molecule has 1 aromatic carbocycles. The molecule has 2 N–H and O–H groups in total. The third kappa shape index (κ3) is 1.11. The lowest BCUT2D eigenvalue weighted by Crippen LogP contribution is -2.07. The summed E-state index contributed by atoms with van der Waals surface area (Å²) in [6.45, 7) is 3.70. The molecule has 1 atom stereocenters. The number of nitrogens with two attached hydrogens (primary N) is 1. The minimum absolute atomic E-state index is 0.142. The highest BCUT2D eigenvalue weighted by Gasteiger charge is 2.27. The van der Waals surface area contributed by atoms with Crippen LogP contribution in [0.5, 0.6) is 0 Å². The lowest BCUT2D eigenvalue weighted by Gasteiger charge is -2.06. The zero-order valence-electron chi connectivity index (χ0n) is 7.29. The summed E-state index contributed by atoms with van der Waals surface area (Å²) in [7, 11) is 0. The molecule has 13 heavy (non-hydrogen) atoms. The molecule has 0 amide bonds. The van der Waals surface area contributed by atoms with Gasteiger partial charge in [-0.3, -0.25) is 4.79 Å². The van der Waals surface area contributed by atoms with Crippen LogP contribution in [-0.2, 0) is 0 Å². The summed E-state index contributed by atoms with van der Waals surface area (Å²) in [5.41, 5.74) is 8.56. The molecule has 2 heteroatoms. The van der Waals surface area contributed by atoms with Crippen LogP contribution in [0.1, 0.15) is 33.9 Å². The molecule has 1 unspecified atom stereocenters. The topological polar surface area (TPSA) is 43.1 Å². The van der Waals surface area contributed by atoms with E-state index in [1.165, 1.54) is 0 Å². The van der Waals surface area contributed by atoms with Gasteiger partial charge in [0.15, 0.2) is 5.78 Å². The van der Waals surface area contributed by atoms with E-state index in [2.05, 4.69) is 6.58 Å². The molecule has 66 valence electrons. The molecule has 1 aromatic rings. The van der Waals surface area contributed by atoms with E-state index < -0.39 is 0 Å². The zero-order valence-corrected chi connectivity index (χ0v) is 7.29. The first-order valence-electron chi connectivity index (χ1n) is 4.28. The van der Waals surface area contributed by atoms with Gasteiger partial charge in [-0.15, -0.1) is 0 Å². The average molecular weight is 173 g/mol. The first-order valence-corrected chi connectivity index (χ1v) is 4.28. The highest BCUT2D eigenvalue weighted by Crippen LogP contribution is 2.32. The fourth-order valence-corrected chi connectivity index (χ4v) is 1.83. The fourth-order valence-electron chi connectivity index (χ4n) is 1.83. The molecule has 1 aliphatic carbocycles. The van der Waals surface area contributed by atoms with E-state index in [0.717, 1.165) is 16.7 Å². The van der Waals surface area contributed by atoms with Gasteiger partial charge in [-0.05, 0) is 11.1 Å². The summed E-state index contributed by atoms with van der Waals surface area (Å²) in [6, 6.07) is 5.49. The second-order valence-corrected chi connectivity index (χ2v) is 3.25. The summed E-state index contributed by atoms with van der Waals surface area (Å²) < 4.78 is 0. The Labute approximate surface area is 77.1 Å². The van der Waals surface area contributed by atoms with Crippen LogP contribution >= 0.6 is 0 Å². The standard InChI is InChI=1S/C11H11NO/c1-2-7-4-3-5-8-10(13)6-9(12)11(7)8/h2-5,9H,1,6,12H2. The Morgan fingerprint density at radius 3 is 3.00 bits per heavy atom. The van der Waals surface area contributed by atoms with Crippen LogP contribution in [0, 0.1) is 0 Å². The summed E-state index contributed by atoms with van der Waals surface area (Å²) in [6.07, 6.45) is 2.18. The number of Topliss-reactive ketones (excluding diaryl/α,β-unsaturated/α-hetero) is 1. The smallest absolute Gasteiger partial charge is 0.165 e. The van der Waals surface area contributed by atoms with Crippen molar-refractivity contribution in [3.63, 3.8) is 0 Å². The third-order valence-corrected chi connectivity index (χ3v) is 2.44. The quantitative estimate of drug-likeness (QED) is 0.705. The van der Waals surface area contributed by atoms with Gasteiger partial charge in [0.2, 0.25) is 0 Å². The van der Waals surface area contributed by atoms with Crippen molar-refractivity contribution in [1.29, 1.82) is 0 Å².